The molecule has 0 unspecified atom stereocenters. The second kappa shape index (κ2) is 6.02. The number of ether oxygens (including phenoxy) is 2. The Balaban J connectivity index is 2.15. The third kappa shape index (κ3) is 4.09. The van der Waals surface area contributed by atoms with Crippen LogP contribution in [0.3, 0.4) is 0 Å². The molecule has 1 saturated heterocycles. The van der Waals surface area contributed by atoms with E-state index in [-0.39, 0.29) is 12.1 Å². The van der Waals surface area contributed by atoms with Crippen molar-refractivity contribution in [3.8, 4) is 0 Å². The van der Waals surface area contributed by atoms with Gasteiger partial charge in [0.15, 0.2) is 0 Å². The first-order valence-corrected chi connectivity index (χ1v) is 5.51. The van der Waals surface area contributed by atoms with Gasteiger partial charge >= 0.3 is 5.97 Å². The van der Waals surface area contributed by atoms with Crippen LogP contribution >= 0.6 is 0 Å². The number of carbonyl (C=O) groups is 1. The van der Waals surface area contributed by atoms with Gasteiger partial charge in [0.25, 0.3) is 0 Å². The fourth-order valence-corrected chi connectivity index (χ4v) is 1.82. The Hall–Kier alpha value is -0.570. The average Bonchev–Trinajstić information content (AvgIpc) is 2.64. The summed E-state index contributed by atoms with van der Waals surface area (Å²) < 4.78 is 10.7. The molecule has 0 aromatic heterocycles. The molecule has 0 bridgehead atoms. The molecular weight excluding hydrogens is 180 g/mol. The topological polar surface area (TPSA) is 35.5 Å². The molecule has 0 radical (unpaired) electrons. The smallest absolute Gasteiger partial charge is 0.302 e. The van der Waals surface area contributed by atoms with Gasteiger partial charge in [0, 0.05) is 13.5 Å². The third-order valence-electron chi connectivity index (χ3n) is 2.62. The van der Waals surface area contributed by atoms with E-state index in [2.05, 4.69) is 0 Å². The standard InChI is InChI=1S/C11H20O3/c1-3-10(14-9(2)12)6-7-11-5-4-8-13-11/h10-11H,3-8H2,1-2H3/t10-,11-/m0/s1. The normalized spacial score (nSPS) is 23.4. The molecular formula is C11H20O3. The molecule has 3 nitrogen and oxygen atoms in total. The Morgan fingerprint density at radius 3 is 2.93 bits per heavy atom. The van der Waals surface area contributed by atoms with Crippen LogP contribution in [0.2, 0.25) is 0 Å². The second-order valence-electron chi connectivity index (χ2n) is 3.85. The molecule has 3 heteroatoms. The van der Waals surface area contributed by atoms with Crippen LogP contribution in [0.4, 0.5) is 0 Å². The highest BCUT2D eigenvalue weighted by Gasteiger charge is 2.18. The molecule has 0 aromatic rings. The van der Waals surface area contributed by atoms with E-state index < -0.39 is 0 Å². The van der Waals surface area contributed by atoms with Gasteiger partial charge in [-0.1, -0.05) is 6.92 Å². The maximum atomic E-state index is 10.8. The summed E-state index contributed by atoms with van der Waals surface area (Å²) in [5.41, 5.74) is 0. The number of esters is 1. The van der Waals surface area contributed by atoms with Gasteiger partial charge in [-0.25, -0.2) is 0 Å². The van der Waals surface area contributed by atoms with Crippen LogP contribution in [0, 0.1) is 0 Å². The van der Waals surface area contributed by atoms with Crippen LogP contribution in [0.1, 0.15) is 46.0 Å². The van der Waals surface area contributed by atoms with E-state index in [0.717, 1.165) is 32.3 Å². The van der Waals surface area contributed by atoms with Crippen LogP contribution in [-0.2, 0) is 14.3 Å². The van der Waals surface area contributed by atoms with Gasteiger partial charge in [-0.05, 0) is 32.1 Å². The minimum absolute atomic E-state index is 0.0803. The van der Waals surface area contributed by atoms with Crippen molar-refractivity contribution < 1.29 is 14.3 Å². The van der Waals surface area contributed by atoms with Gasteiger partial charge in [-0.2, -0.15) is 0 Å². The van der Waals surface area contributed by atoms with Crippen LogP contribution in [-0.4, -0.2) is 24.8 Å². The molecule has 0 N–H and O–H groups in total. The molecule has 2 atom stereocenters. The lowest BCUT2D eigenvalue weighted by atomic mass is 10.1. The van der Waals surface area contributed by atoms with Gasteiger partial charge in [-0.3, -0.25) is 4.79 Å². The Bertz CT molecular complexity index is 173. The number of rotatable bonds is 5. The van der Waals surface area contributed by atoms with Gasteiger partial charge in [-0.15, -0.1) is 0 Å². The zero-order chi connectivity index (χ0) is 10.4. The molecule has 1 aliphatic heterocycles. The van der Waals surface area contributed by atoms with Gasteiger partial charge in [0.1, 0.15) is 6.10 Å². The predicted molar refractivity (Wildman–Crippen MR) is 54.1 cm³/mol. The minimum Gasteiger partial charge on any atom is -0.463 e. The van der Waals surface area contributed by atoms with Crippen molar-refractivity contribution in [3.63, 3.8) is 0 Å². The highest BCUT2D eigenvalue weighted by molar-refractivity contribution is 5.66. The van der Waals surface area contributed by atoms with E-state index in [1.165, 1.54) is 13.3 Å². The zero-order valence-corrected chi connectivity index (χ0v) is 9.12. The highest BCUT2D eigenvalue weighted by atomic mass is 16.5. The van der Waals surface area contributed by atoms with E-state index in [1.807, 2.05) is 6.92 Å². The van der Waals surface area contributed by atoms with Crippen molar-refractivity contribution in [2.75, 3.05) is 6.61 Å². The largest absolute Gasteiger partial charge is 0.463 e. The summed E-state index contributed by atoms with van der Waals surface area (Å²) in [6.45, 7) is 4.41. The Kier molecular flexibility index (Phi) is 4.94. The van der Waals surface area contributed by atoms with E-state index in [0.29, 0.717) is 6.10 Å². The van der Waals surface area contributed by atoms with E-state index in [9.17, 15) is 4.79 Å². The molecule has 0 aliphatic carbocycles. The molecule has 1 fully saturated rings. The molecule has 0 saturated carbocycles. The average molecular weight is 200 g/mol. The van der Waals surface area contributed by atoms with Crippen LogP contribution in [0.25, 0.3) is 0 Å². The number of carbonyl (C=O) groups excluding carboxylic acids is 1. The molecule has 1 aliphatic rings. The fourth-order valence-electron chi connectivity index (χ4n) is 1.82. The van der Waals surface area contributed by atoms with Crippen molar-refractivity contribution in [2.45, 2.75) is 58.2 Å². The monoisotopic (exact) mass is 200 g/mol. The summed E-state index contributed by atoms with van der Waals surface area (Å²) in [6, 6.07) is 0. The number of hydrogen-bond donors (Lipinski definition) is 0. The Morgan fingerprint density at radius 1 is 1.64 bits per heavy atom. The summed E-state index contributed by atoms with van der Waals surface area (Å²) in [5.74, 6) is -0.177. The fraction of sp³-hybridized carbons (Fsp3) is 0.909. The molecule has 14 heavy (non-hydrogen) atoms. The van der Waals surface area contributed by atoms with Crippen LogP contribution in [0.15, 0.2) is 0 Å². The van der Waals surface area contributed by atoms with Crippen molar-refractivity contribution >= 4 is 5.97 Å². The molecule has 0 aromatic carbocycles. The van der Waals surface area contributed by atoms with Crippen molar-refractivity contribution in [1.29, 1.82) is 0 Å². The highest BCUT2D eigenvalue weighted by Crippen LogP contribution is 2.19. The lowest BCUT2D eigenvalue weighted by molar-refractivity contribution is -0.147. The van der Waals surface area contributed by atoms with E-state index in [4.69, 9.17) is 9.47 Å². The SMILES string of the molecule is CC[C@@H](CC[C@@H]1CCCO1)OC(C)=O. The maximum Gasteiger partial charge on any atom is 0.302 e. The zero-order valence-electron chi connectivity index (χ0n) is 9.12. The summed E-state index contributed by atoms with van der Waals surface area (Å²) in [5, 5.41) is 0. The maximum absolute atomic E-state index is 10.8. The second-order valence-corrected chi connectivity index (χ2v) is 3.85. The van der Waals surface area contributed by atoms with Gasteiger partial charge in [0.2, 0.25) is 0 Å². The molecule has 82 valence electrons. The van der Waals surface area contributed by atoms with Crippen LogP contribution < -0.4 is 0 Å². The number of hydrogen-bond acceptors (Lipinski definition) is 3. The van der Waals surface area contributed by atoms with E-state index >= 15 is 0 Å². The van der Waals surface area contributed by atoms with Gasteiger partial charge in [0.05, 0.1) is 6.10 Å². The quantitative estimate of drug-likeness (QED) is 0.639. The Morgan fingerprint density at radius 2 is 2.43 bits per heavy atom. The molecule has 1 heterocycles. The minimum atomic E-state index is -0.177. The first-order chi connectivity index (χ1) is 6.72. The summed E-state index contributed by atoms with van der Waals surface area (Å²) in [4.78, 5) is 10.8. The lowest BCUT2D eigenvalue weighted by Crippen LogP contribution is -2.18. The van der Waals surface area contributed by atoms with Gasteiger partial charge < -0.3 is 9.47 Å². The molecule has 0 spiro atoms. The first-order valence-electron chi connectivity index (χ1n) is 5.51. The molecule has 1 rings (SSSR count). The Labute approximate surface area is 85.8 Å². The lowest BCUT2D eigenvalue weighted by Gasteiger charge is -2.16. The summed E-state index contributed by atoms with van der Waals surface area (Å²) in [6.07, 6.45) is 5.67. The van der Waals surface area contributed by atoms with E-state index in [1.54, 1.807) is 0 Å². The first kappa shape index (κ1) is 11.5. The molecule has 0 amide bonds. The van der Waals surface area contributed by atoms with Crippen molar-refractivity contribution in [2.24, 2.45) is 0 Å². The van der Waals surface area contributed by atoms with Crippen molar-refractivity contribution in [3.05, 3.63) is 0 Å². The van der Waals surface area contributed by atoms with Crippen LogP contribution in [0.5, 0.6) is 0 Å². The summed E-state index contributed by atoms with van der Waals surface area (Å²) in [7, 11) is 0. The third-order valence-corrected chi connectivity index (χ3v) is 2.62. The predicted octanol–water partition coefficient (Wildman–Crippen LogP) is 2.29. The summed E-state index contributed by atoms with van der Waals surface area (Å²) >= 11 is 0. The van der Waals surface area contributed by atoms with Crippen molar-refractivity contribution in [1.82, 2.24) is 0 Å².